The number of hydrogen-bond donors (Lipinski definition) is 1. The molecule has 0 aromatic heterocycles. The molecule has 1 saturated carbocycles. The molecule has 20 heavy (non-hydrogen) atoms. The van der Waals surface area contributed by atoms with Crippen LogP contribution in [0, 0.1) is 17.8 Å². The number of alkyl carbamates (subject to hydrolysis) is 1. The molecule has 0 heterocycles. The van der Waals surface area contributed by atoms with Crippen LogP contribution in [0.1, 0.15) is 59.3 Å². The molecule has 1 N–H and O–H groups in total. The molecule has 1 unspecified atom stereocenters. The maximum Gasteiger partial charge on any atom is 0.407 e. The molecule has 0 bridgehead atoms. The highest BCUT2D eigenvalue weighted by Crippen LogP contribution is 2.35. The van der Waals surface area contributed by atoms with Gasteiger partial charge in [-0.15, -0.1) is 0 Å². The van der Waals surface area contributed by atoms with Gasteiger partial charge in [0.25, 0.3) is 0 Å². The maximum absolute atomic E-state index is 12.1. The highest BCUT2D eigenvalue weighted by molar-refractivity contribution is 5.68. The molecule has 1 amide bonds. The van der Waals surface area contributed by atoms with E-state index in [1.165, 1.54) is 12.8 Å². The van der Waals surface area contributed by atoms with Crippen LogP contribution in [0.2, 0.25) is 0 Å². The molecular formula is C17H29NO2. The Bertz CT molecular complexity index is 351. The molecule has 114 valence electrons. The van der Waals surface area contributed by atoms with Crippen molar-refractivity contribution in [1.82, 2.24) is 5.32 Å². The van der Waals surface area contributed by atoms with Gasteiger partial charge in [-0.05, 0) is 49.9 Å². The summed E-state index contributed by atoms with van der Waals surface area (Å²) in [5, 5.41) is 2.99. The molecule has 0 aromatic carbocycles. The van der Waals surface area contributed by atoms with Gasteiger partial charge in [0.2, 0.25) is 0 Å². The van der Waals surface area contributed by atoms with Gasteiger partial charge in [0.1, 0.15) is 6.10 Å². The summed E-state index contributed by atoms with van der Waals surface area (Å²) in [7, 11) is 0. The molecule has 0 saturated heterocycles. The number of hydrogen-bond acceptors (Lipinski definition) is 2. The van der Waals surface area contributed by atoms with E-state index >= 15 is 0 Å². The van der Waals surface area contributed by atoms with E-state index in [0.717, 1.165) is 25.7 Å². The summed E-state index contributed by atoms with van der Waals surface area (Å²) in [4.78, 5) is 12.1. The predicted octanol–water partition coefficient (Wildman–Crippen LogP) is 4.28. The van der Waals surface area contributed by atoms with Crippen LogP contribution in [0.15, 0.2) is 12.2 Å². The third-order valence-electron chi connectivity index (χ3n) is 4.78. The molecule has 2 aliphatic rings. The first kappa shape index (κ1) is 15.4. The fraction of sp³-hybridized carbons (Fsp3) is 0.824. The van der Waals surface area contributed by atoms with Gasteiger partial charge in [0.05, 0.1) is 6.04 Å². The van der Waals surface area contributed by atoms with Crippen molar-refractivity contribution in [3.63, 3.8) is 0 Å². The molecule has 0 spiro atoms. The average molecular weight is 279 g/mol. The zero-order valence-corrected chi connectivity index (χ0v) is 13.1. The Morgan fingerprint density at radius 3 is 2.75 bits per heavy atom. The molecule has 3 nitrogen and oxygen atoms in total. The normalized spacial score (nSPS) is 34.0. The first-order chi connectivity index (χ1) is 9.56. The van der Waals surface area contributed by atoms with Crippen molar-refractivity contribution in [2.24, 2.45) is 17.8 Å². The largest absolute Gasteiger partial charge is 0.446 e. The first-order valence-electron chi connectivity index (χ1n) is 8.20. The van der Waals surface area contributed by atoms with E-state index in [1.54, 1.807) is 0 Å². The van der Waals surface area contributed by atoms with Crippen LogP contribution in [-0.4, -0.2) is 18.2 Å². The minimum absolute atomic E-state index is 0.0892. The van der Waals surface area contributed by atoms with Gasteiger partial charge in [0, 0.05) is 0 Å². The van der Waals surface area contributed by atoms with Crippen LogP contribution in [0.25, 0.3) is 0 Å². The van der Waals surface area contributed by atoms with Crippen molar-refractivity contribution in [3.05, 3.63) is 12.2 Å². The Labute approximate surface area is 123 Å². The second-order valence-electron chi connectivity index (χ2n) is 6.88. The quantitative estimate of drug-likeness (QED) is 0.783. The smallest absolute Gasteiger partial charge is 0.407 e. The summed E-state index contributed by atoms with van der Waals surface area (Å²) in [6.45, 7) is 6.73. The van der Waals surface area contributed by atoms with Crippen LogP contribution in [0.5, 0.6) is 0 Å². The van der Waals surface area contributed by atoms with Gasteiger partial charge in [-0.1, -0.05) is 39.3 Å². The average Bonchev–Trinajstić information content (AvgIpc) is 2.39. The van der Waals surface area contributed by atoms with Crippen LogP contribution in [0.4, 0.5) is 4.79 Å². The predicted molar refractivity (Wildman–Crippen MR) is 81.5 cm³/mol. The fourth-order valence-corrected chi connectivity index (χ4v) is 3.51. The zero-order valence-electron chi connectivity index (χ0n) is 13.1. The summed E-state index contributed by atoms with van der Waals surface area (Å²) in [6, 6.07) is 0.162. The highest BCUT2D eigenvalue weighted by atomic mass is 16.6. The standard InChI is InChI=1S/C17H29NO2/c1-12(2)15-10-9-13(3)11-16(15)20-17(19)18-14-7-5-4-6-8-14/h5,7,12-16H,4,6,8-11H2,1-3H3,(H,18,19)/t13-,14?,15+,16-/m1/s1. The van der Waals surface area contributed by atoms with E-state index < -0.39 is 0 Å². The van der Waals surface area contributed by atoms with Gasteiger partial charge < -0.3 is 10.1 Å². The second-order valence-corrected chi connectivity index (χ2v) is 6.88. The fourth-order valence-electron chi connectivity index (χ4n) is 3.51. The lowest BCUT2D eigenvalue weighted by Gasteiger charge is -2.36. The van der Waals surface area contributed by atoms with E-state index in [1.807, 2.05) is 0 Å². The molecule has 2 aliphatic carbocycles. The van der Waals surface area contributed by atoms with Crippen LogP contribution in [-0.2, 0) is 4.74 Å². The number of nitrogens with one attached hydrogen (secondary N) is 1. The Balaban J connectivity index is 1.87. The molecule has 2 rings (SSSR count). The van der Waals surface area contributed by atoms with E-state index in [2.05, 4.69) is 38.2 Å². The molecular weight excluding hydrogens is 250 g/mol. The van der Waals surface area contributed by atoms with Crippen molar-refractivity contribution < 1.29 is 9.53 Å². The van der Waals surface area contributed by atoms with Crippen molar-refractivity contribution in [1.29, 1.82) is 0 Å². The van der Waals surface area contributed by atoms with Crippen LogP contribution >= 0.6 is 0 Å². The van der Waals surface area contributed by atoms with E-state index in [0.29, 0.717) is 17.8 Å². The van der Waals surface area contributed by atoms with Gasteiger partial charge in [-0.2, -0.15) is 0 Å². The first-order valence-corrected chi connectivity index (χ1v) is 8.20. The highest BCUT2D eigenvalue weighted by Gasteiger charge is 2.33. The summed E-state index contributed by atoms with van der Waals surface area (Å²) in [5.74, 6) is 1.76. The number of ether oxygens (including phenoxy) is 1. The Hall–Kier alpha value is -0.990. The number of allylic oxidation sites excluding steroid dienone is 1. The number of rotatable bonds is 3. The number of amides is 1. The topological polar surface area (TPSA) is 38.3 Å². The van der Waals surface area contributed by atoms with Crippen molar-refractivity contribution >= 4 is 6.09 Å². The summed E-state index contributed by atoms with van der Waals surface area (Å²) in [6.07, 6.45) is 10.9. The summed E-state index contributed by atoms with van der Waals surface area (Å²) < 4.78 is 5.75. The second kappa shape index (κ2) is 7.14. The Morgan fingerprint density at radius 2 is 2.10 bits per heavy atom. The van der Waals surface area contributed by atoms with Gasteiger partial charge in [0.15, 0.2) is 0 Å². The maximum atomic E-state index is 12.1. The summed E-state index contributed by atoms with van der Waals surface area (Å²) >= 11 is 0. The Kier molecular flexibility index (Phi) is 5.50. The minimum atomic E-state index is -0.230. The lowest BCUT2D eigenvalue weighted by molar-refractivity contribution is 0.00538. The number of carbonyl (C=O) groups is 1. The van der Waals surface area contributed by atoms with Crippen LogP contribution < -0.4 is 5.32 Å². The number of carbonyl (C=O) groups excluding carboxylic acids is 1. The van der Waals surface area contributed by atoms with E-state index in [9.17, 15) is 4.79 Å². The third-order valence-corrected chi connectivity index (χ3v) is 4.78. The van der Waals surface area contributed by atoms with Gasteiger partial charge in [-0.3, -0.25) is 0 Å². The monoisotopic (exact) mass is 279 g/mol. The molecule has 1 fully saturated rings. The molecule has 4 atom stereocenters. The van der Waals surface area contributed by atoms with Crippen LogP contribution in [0.3, 0.4) is 0 Å². The Morgan fingerprint density at radius 1 is 1.30 bits per heavy atom. The lowest BCUT2D eigenvalue weighted by Crippen LogP contribution is -2.41. The zero-order chi connectivity index (χ0) is 14.5. The van der Waals surface area contributed by atoms with Crippen molar-refractivity contribution in [3.8, 4) is 0 Å². The van der Waals surface area contributed by atoms with Gasteiger partial charge in [-0.25, -0.2) is 4.79 Å². The van der Waals surface area contributed by atoms with Crippen molar-refractivity contribution in [2.45, 2.75) is 71.4 Å². The van der Waals surface area contributed by atoms with Gasteiger partial charge >= 0.3 is 6.09 Å². The van der Waals surface area contributed by atoms with Crippen molar-refractivity contribution in [2.75, 3.05) is 0 Å². The summed E-state index contributed by atoms with van der Waals surface area (Å²) in [5.41, 5.74) is 0. The molecule has 0 aliphatic heterocycles. The molecule has 0 aromatic rings. The molecule has 0 radical (unpaired) electrons. The SMILES string of the molecule is CC(C)[C@@H]1CC[C@@H](C)C[C@H]1OC(=O)NC1C=CCCC1. The minimum Gasteiger partial charge on any atom is -0.446 e. The van der Waals surface area contributed by atoms with E-state index in [4.69, 9.17) is 4.74 Å². The lowest BCUT2D eigenvalue weighted by atomic mass is 9.75. The third kappa shape index (κ3) is 4.26. The van der Waals surface area contributed by atoms with E-state index in [-0.39, 0.29) is 18.2 Å². The molecule has 3 heteroatoms.